The van der Waals surface area contributed by atoms with Crippen LogP contribution in [0.4, 0.5) is 0 Å². The van der Waals surface area contributed by atoms with Crippen molar-refractivity contribution in [1.82, 2.24) is 15.1 Å². The topological polar surface area (TPSA) is 61.6 Å². The van der Waals surface area contributed by atoms with E-state index in [1.807, 2.05) is 14.0 Å². The Balaban J connectivity index is 1.92. The Hall–Kier alpha value is -0.650. The molecule has 2 saturated heterocycles. The first-order chi connectivity index (χ1) is 9.46. The lowest BCUT2D eigenvalue weighted by Crippen LogP contribution is -2.60. The maximum Gasteiger partial charge on any atom is 0.237 e. The normalized spacial score (nSPS) is 29.4. The number of amides is 1. The van der Waals surface area contributed by atoms with Crippen molar-refractivity contribution >= 4 is 5.91 Å². The van der Waals surface area contributed by atoms with E-state index in [0.29, 0.717) is 6.04 Å². The fourth-order valence-electron chi connectivity index (χ4n) is 3.63. The first-order valence-corrected chi connectivity index (χ1v) is 7.93. The van der Waals surface area contributed by atoms with E-state index < -0.39 is 5.54 Å². The maximum absolute atomic E-state index is 11.6. The van der Waals surface area contributed by atoms with Crippen molar-refractivity contribution in [2.75, 3.05) is 33.2 Å². The Morgan fingerprint density at radius 1 is 1.40 bits per heavy atom. The van der Waals surface area contributed by atoms with Crippen LogP contribution in [0.3, 0.4) is 0 Å². The lowest BCUT2D eigenvalue weighted by molar-refractivity contribution is -0.124. The van der Waals surface area contributed by atoms with Gasteiger partial charge in [0, 0.05) is 31.7 Å². The molecule has 0 bridgehead atoms. The van der Waals surface area contributed by atoms with Crippen LogP contribution in [-0.4, -0.2) is 66.6 Å². The summed E-state index contributed by atoms with van der Waals surface area (Å²) in [5.74, 6) is -0.261. The summed E-state index contributed by atoms with van der Waals surface area (Å²) in [6.45, 7) is 8.81. The van der Waals surface area contributed by atoms with Crippen LogP contribution >= 0.6 is 0 Å². The highest BCUT2D eigenvalue weighted by atomic mass is 16.1. The molecule has 0 aromatic rings. The van der Waals surface area contributed by atoms with Gasteiger partial charge in [-0.15, -0.1) is 0 Å². The van der Waals surface area contributed by atoms with Crippen molar-refractivity contribution < 1.29 is 4.79 Å². The quantitative estimate of drug-likeness (QED) is 0.766. The lowest BCUT2D eigenvalue weighted by Gasteiger charge is -2.47. The van der Waals surface area contributed by atoms with Crippen LogP contribution in [0.15, 0.2) is 0 Å². The number of fused-ring (bicyclic) bond motifs is 1. The van der Waals surface area contributed by atoms with Crippen LogP contribution < -0.4 is 11.1 Å². The molecule has 3 N–H and O–H groups in total. The Morgan fingerprint density at radius 2 is 2.15 bits per heavy atom. The molecule has 0 radical (unpaired) electrons. The van der Waals surface area contributed by atoms with Gasteiger partial charge in [-0.2, -0.15) is 0 Å². The fourth-order valence-corrected chi connectivity index (χ4v) is 3.63. The number of piperidine rings is 1. The Labute approximate surface area is 122 Å². The van der Waals surface area contributed by atoms with Crippen molar-refractivity contribution in [2.45, 2.75) is 57.2 Å². The molecule has 20 heavy (non-hydrogen) atoms. The predicted octanol–water partition coefficient (Wildman–Crippen LogP) is 0.399. The van der Waals surface area contributed by atoms with Crippen molar-refractivity contribution in [3.05, 3.63) is 0 Å². The molecule has 5 nitrogen and oxygen atoms in total. The number of hydrogen-bond acceptors (Lipinski definition) is 4. The number of carbonyl (C=O) groups is 1. The van der Waals surface area contributed by atoms with Crippen LogP contribution in [0, 0.1) is 0 Å². The molecular formula is C15H30N4O. The molecule has 2 aliphatic rings. The number of likely N-dealkylation sites (N-methyl/N-ethyl adjacent to an activating group) is 1. The number of piperazine rings is 1. The number of nitrogens with zero attached hydrogens (tertiary/aromatic N) is 2. The molecule has 0 aromatic heterocycles. The predicted molar refractivity (Wildman–Crippen MR) is 81.5 cm³/mol. The van der Waals surface area contributed by atoms with Crippen LogP contribution in [0.25, 0.3) is 0 Å². The summed E-state index contributed by atoms with van der Waals surface area (Å²) in [5.41, 5.74) is 4.93. The number of nitrogens with one attached hydrogen (secondary N) is 1. The van der Waals surface area contributed by atoms with Gasteiger partial charge in [-0.1, -0.05) is 6.42 Å². The molecule has 2 heterocycles. The van der Waals surface area contributed by atoms with E-state index in [9.17, 15) is 4.79 Å². The summed E-state index contributed by atoms with van der Waals surface area (Å²) >= 11 is 0. The van der Waals surface area contributed by atoms with Crippen LogP contribution in [0.1, 0.15) is 39.5 Å². The van der Waals surface area contributed by atoms with Gasteiger partial charge >= 0.3 is 0 Å². The highest BCUT2D eigenvalue weighted by molar-refractivity contribution is 5.84. The van der Waals surface area contributed by atoms with E-state index >= 15 is 0 Å². The van der Waals surface area contributed by atoms with Crippen molar-refractivity contribution in [3.8, 4) is 0 Å². The summed E-state index contributed by atoms with van der Waals surface area (Å²) in [4.78, 5) is 16.8. The Morgan fingerprint density at radius 3 is 2.80 bits per heavy atom. The largest absolute Gasteiger partial charge is 0.368 e. The van der Waals surface area contributed by atoms with Gasteiger partial charge in [0.1, 0.15) is 0 Å². The van der Waals surface area contributed by atoms with Crippen LogP contribution in [-0.2, 0) is 4.79 Å². The average Bonchev–Trinajstić information content (AvgIpc) is 2.46. The number of carbonyl (C=O) groups excluding carboxylic acids is 1. The first-order valence-electron chi connectivity index (χ1n) is 7.93. The van der Waals surface area contributed by atoms with E-state index in [0.717, 1.165) is 25.6 Å². The van der Waals surface area contributed by atoms with Gasteiger partial charge in [-0.05, 0) is 46.7 Å². The third-order valence-electron chi connectivity index (χ3n) is 5.29. The zero-order valence-electron chi connectivity index (χ0n) is 13.2. The zero-order chi connectivity index (χ0) is 14.8. The Bertz CT molecular complexity index is 349. The maximum atomic E-state index is 11.6. The molecule has 2 rings (SSSR count). The molecule has 0 aromatic carbocycles. The number of rotatable bonds is 5. The number of nitrogens with two attached hydrogens (primary N) is 1. The van der Waals surface area contributed by atoms with Crippen molar-refractivity contribution in [1.29, 1.82) is 0 Å². The van der Waals surface area contributed by atoms with Gasteiger partial charge in [-0.25, -0.2) is 0 Å². The van der Waals surface area contributed by atoms with E-state index in [1.54, 1.807) is 0 Å². The van der Waals surface area contributed by atoms with Crippen LogP contribution in [0.2, 0.25) is 0 Å². The number of primary amides is 1. The molecule has 0 spiro atoms. The van der Waals surface area contributed by atoms with E-state index in [2.05, 4.69) is 22.0 Å². The third kappa shape index (κ3) is 3.32. The monoisotopic (exact) mass is 282 g/mol. The molecule has 116 valence electrons. The van der Waals surface area contributed by atoms with Gasteiger partial charge in [0.15, 0.2) is 0 Å². The van der Waals surface area contributed by atoms with Crippen LogP contribution in [0.5, 0.6) is 0 Å². The second-order valence-corrected chi connectivity index (χ2v) is 6.68. The van der Waals surface area contributed by atoms with Gasteiger partial charge in [0.2, 0.25) is 5.91 Å². The van der Waals surface area contributed by atoms with Gasteiger partial charge in [-0.3, -0.25) is 14.6 Å². The fraction of sp³-hybridized carbons (Fsp3) is 0.933. The standard InChI is InChI=1S/C15H30N4O/c1-12(10-15(2,17-3)14(16)20)19-9-8-18-7-5-4-6-13(18)11-19/h12-13,17H,4-11H2,1-3H3,(H2,16,20). The smallest absolute Gasteiger partial charge is 0.237 e. The molecular weight excluding hydrogens is 252 g/mol. The lowest BCUT2D eigenvalue weighted by atomic mass is 9.91. The number of hydrogen-bond donors (Lipinski definition) is 2. The molecule has 0 aliphatic carbocycles. The minimum absolute atomic E-state index is 0.261. The third-order valence-corrected chi connectivity index (χ3v) is 5.29. The summed E-state index contributed by atoms with van der Waals surface area (Å²) < 4.78 is 0. The van der Waals surface area contributed by atoms with E-state index in [1.165, 1.54) is 32.4 Å². The average molecular weight is 282 g/mol. The molecule has 2 aliphatic heterocycles. The molecule has 5 heteroatoms. The molecule has 3 atom stereocenters. The second-order valence-electron chi connectivity index (χ2n) is 6.68. The zero-order valence-corrected chi connectivity index (χ0v) is 13.2. The minimum atomic E-state index is -0.608. The molecule has 1 amide bonds. The summed E-state index contributed by atoms with van der Waals surface area (Å²) in [6, 6.07) is 1.10. The summed E-state index contributed by atoms with van der Waals surface area (Å²) in [6.07, 6.45) is 4.80. The molecule has 0 saturated carbocycles. The van der Waals surface area contributed by atoms with E-state index in [4.69, 9.17) is 5.73 Å². The van der Waals surface area contributed by atoms with Gasteiger partial charge in [0.05, 0.1) is 5.54 Å². The summed E-state index contributed by atoms with van der Waals surface area (Å²) in [7, 11) is 1.82. The van der Waals surface area contributed by atoms with Crippen molar-refractivity contribution in [2.24, 2.45) is 5.73 Å². The molecule has 3 unspecified atom stereocenters. The Kier molecular flexibility index (Phi) is 5.04. The SMILES string of the molecule is CNC(C)(CC(C)N1CCN2CCCCC2C1)C(N)=O. The van der Waals surface area contributed by atoms with Crippen molar-refractivity contribution in [3.63, 3.8) is 0 Å². The minimum Gasteiger partial charge on any atom is -0.368 e. The van der Waals surface area contributed by atoms with Gasteiger partial charge < -0.3 is 11.1 Å². The highest BCUT2D eigenvalue weighted by Crippen LogP contribution is 2.24. The highest BCUT2D eigenvalue weighted by Gasteiger charge is 2.36. The van der Waals surface area contributed by atoms with E-state index in [-0.39, 0.29) is 5.91 Å². The first kappa shape index (κ1) is 15.7. The second kappa shape index (κ2) is 6.41. The molecule has 2 fully saturated rings. The summed E-state index contributed by atoms with van der Waals surface area (Å²) in [5, 5.41) is 3.09. The van der Waals surface area contributed by atoms with Gasteiger partial charge in [0.25, 0.3) is 0 Å².